The number of hydrogen-bond acceptors (Lipinski definition) is 4. The number of rotatable bonds is 5. The zero-order chi connectivity index (χ0) is 11.3. The second kappa shape index (κ2) is 6.62. The number of carbonyl (C=O) groups is 1. The molecule has 0 radical (unpaired) electrons. The van der Waals surface area contributed by atoms with Gasteiger partial charge in [-0.1, -0.05) is 0 Å². The van der Waals surface area contributed by atoms with Gasteiger partial charge in [0.2, 0.25) is 0 Å². The molecule has 0 saturated carbocycles. The second-order valence-electron chi connectivity index (χ2n) is 2.84. The first-order valence-corrected chi connectivity index (χ1v) is 6.75. The van der Waals surface area contributed by atoms with Crippen molar-refractivity contribution in [2.24, 2.45) is 0 Å². The standard InChI is InChI=1S/C9H11Br2NO2S/c1-14-8(13)2-3-12-5-6-4-7(10)9(11)15-6/h4,12H,2-3,5H2,1H3. The Labute approximate surface area is 109 Å². The fourth-order valence-electron chi connectivity index (χ4n) is 0.983. The molecule has 0 aliphatic carbocycles. The minimum atomic E-state index is -0.184. The Morgan fingerprint density at radius 1 is 1.60 bits per heavy atom. The summed E-state index contributed by atoms with van der Waals surface area (Å²) in [6, 6.07) is 2.06. The molecule has 0 atom stereocenters. The van der Waals surface area contributed by atoms with Crippen LogP contribution in [0.5, 0.6) is 0 Å². The molecular weight excluding hydrogens is 346 g/mol. The quantitative estimate of drug-likeness (QED) is 0.651. The Bertz CT molecular complexity index is 321. The van der Waals surface area contributed by atoms with Crippen molar-refractivity contribution < 1.29 is 9.53 Å². The predicted molar refractivity (Wildman–Crippen MR) is 68.1 cm³/mol. The van der Waals surface area contributed by atoms with Crippen LogP contribution in [0.1, 0.15) is 11.3 Å². The number of methoxy groups -OCH3 is 1. The van der Waals surface area contributed by atoms with Gasteiger partial charge in [0, 0.05) is 22.4 Å². The van der Waals surface area contributed by atoms with Crippen LogP contribution < -0.4 is 5.32 Å². The number of nitrogens with one attached hydrogen (secondary N) is 1. The van der Waals surface area contributed by atoms with Gasteiger partial charge in [-0.2, -0.15) is 0 Å². The van der Waals surface area contributed by atoms with Gasteiger partial charge in [0.05, 0.1) is 17.3 Å². The molecular formula is C9H11Br2NO2S. The summed E-state index contributed by atoms with van der Waals surface area (Å²) in [5, 5.41) is 3.18. The number of ether oxygens (including phenoxy) is 1. The molecule has 0 aliphatic rings. The number of esters is 1. The van der Waals surface area contributed by atoms with E-state index in [0.29, 0.717) is 13.0 Å². The van der Waals surface area contributed by atoms with Gasteiger partial charge in [-0.3, -0.25) is 4.79 Å². The van der Waals surface area contributed by atoms with E-state index in [-0.39, 0.29) is 5.97 Å². The lowest BCUT2D eigenvalue weighted by Crippen LogP contribution is -2.17. The molecule has 0 saturated heterocycles. The molecule has 0 aromatic carbocycles. The third-order valence-electron chi connectivity index (χ3n) is 1.73. The van der Waals surface area contributed by atoms with E-state index in [0.717, 1.165) is 14.8 Å². The van der Waals surface area contributed by atoms with Crippen LogP contribution in [0.25, 0.3) is 0 Å². The van der Waals surface area contributed by atoms with E-state index < -0.39 is 0 Å². The van der Waals surface area contributed by atoms with Crippen molar-refractivity contribution >= 4 is 49.2 Å². The van der Waals surface area contributed by atoms with E-state index in [1.54, 1.807) is 11.3 Å². The van der Waals surface area contributed by atoms with Crippen molar-refractivity contribution in [3.63, 3.8) is 0 Å². The highest BCUT2D eigenvalue weighted by atomic mass is 79.9. The molecule has 3 nitrogen and oxygen atoms in total. The van der Waals surface area contributed by atoms with Gasteiger partial charge in [-0.05, 0) is 37.9 Å². The number of carbonyl (C=O) groups excluding carboxylic acids is 1. The lowest BCUT2D eigenvalue weighted by atomic mass is 10.4. The number of thiophene rings is 1. The van der Waals surface area contributed by atoms with Crippen LogP contribution in [0.3, 0.4) is 0 Å². The monoisotopic (exact) mass is 355 g/mol. The maximum atomic E-state index is 10.8. The zero-order valence-electron chi connectivity index (χ0n) is 8.18. The SMILES string of the molecule is COC(=O)CCNCc1cc(Br)c(Br)s1. The second-order valence-corrected chi connectivity index (χ2v) is 6.15. The van der Waals surface area contributed by atoms with E-state index in [1.165, 1.54) is 12.0 Å². The predicted octanol–water partition coefficient (Wildman–Crippen LogP) is 2.93. The normalized spacial score (nSPS) is 10.3. The highest BCUT2D eigenvalue weighted by molar-refractivity contribution is 9.13. The van der Waals surface area contributed by atoms with E-state index in [9.17, 15) is 4.79 Å². The minimum absolute atomic E-state index is 0.184. The zero-order valence-corrected chi connectivity index (χ0v) is 12.2. The largest absolute Gasteiger partial charge is 0.469 e. The van der Waals surface area contributed by atoms with E-state index >= 15 is 0 Å². The summed E-state index contributed by atoms with van der Waals surface area (Å²) in [5.41, 5.74) is 0. The molecule has 1 N–H and O–H groups in total. The van der Waals surface area contributed by atoms with Crippen molar-refractivity contribution in [3.8, 4) is 0 Å². The summed E-state index contributed by atoms with van der Waals surface area (Å²) in [6.07, 6.45) is 0.407. The Morgan fingerprint density at radius 2 is 2.33 bits per heavy atom. The van der Waals surface area contributed by atoms with Gasteiger partial charge in [0.25, 0.3) is 0 Å². The molecule has 1 aromatic heterocycles. The topological polar surface area (TPSA) is 38.3 Å². The van der Waals surface area contributed by atoms with E-state index in [2.05, 4.69) is 48.0 Å². The molecule has 15 heavy (non-hydrogen) atoms. The fraction of sp³-hybridized carbons (Fsp3) is 0.444. The first kappa shape index (κ1) is 13.2. The Hall–Kier alpha value is 0.0900. The van der Waals surface area contributed by atoms with Gasteiger partial charge >= 0.3 is 5.97 Å². The fourth-order valence-corrected chi connectivity index (χ4v) is 3.13. The highest BCUT2D eigenvalue weighted by Crippen LogP contribution is 2.32. The maximum Gasteiger partial charge on any atom is 0.306 e. The number of hydrogen-bond donors (Lipinski definition) is 1. The van der Waals surface area contributed by atoms with E-state index in [4.69, 9.17) is 0 Å². The Balaban J connectivity index is 2.23. The molecule has 6 heteroatoms. The van der Waals surface area contributed by atoms with Crippen LogP contribution in [-0.4, -0.2) is 19.6 Å². The van der Waals surface area contributed by atoms with Gasteiger partial charge in [-0.15, -0.1) is 11.3 Å². The van der Waals surface area contributed by atoms with Crippen molar-refractivity contribution in [2.75, 3.05) is 13.7 Å². The third kappa shape index (κ3) is 4.63. The number of halogens is 2. The Kier molecular flexibility index (Phi) is 5.81. The summed E-state index contributed by atoms with van der Waals surface area (Å²) in [7, 11) is 1.40. The maximum absolute atomic E-state index is 10.8. The summed E-state index contributed by atoms with van der Waals surface area (Å²) < 4.78 is 6.69. The average Bonchev–Trinajstić information content (AvgIpc) is 2.53. The molecule has 0 fully saturated rings. The molecule has 0 aliphatic heterocycles. The summed E-state index contributed by atoms with van der Waals surface area (Å²) >= 11 is 8.52. The van der Waals surface area contributed by atoms with Crippen LogP contribution in [0.2, 0.25) is 0 Å². The van der Waals surface area contributed by atoms with Crippen LogP contribution >= 0.6 is 43.2 Å². The smallest absolute Gasteiger partial charge is 0.306 e. The first-order valence-electron chi connectivity index (χ1n) is 4.34. The molecule has 0 amide bonds. The lowest BCUT2D eigenvalue weighted by molar-refractivity contribution is -0.140. The third-order valence-corrected chi connectivity index (χ3v) is 4.99. The Morgan fingerprint density at radius 3 is 2.87 bits per heavy atom. The van der Waals surface area contributed by atoms with Crippen LogP contribution in [0.4, 0.5) is 0 Å². The molecule has 1 heterocycles. The van der Waals surface area contributed by atoms with Crippen molar-refractivity contribution in [1.29, 1.82) is 0 Å². The molecule has 84 valence electrons. The average molecular weight is 357 g/mol. The summed E-state index contributed by atoms with van der Waals surface area (Å²) in [6.45, 7) is 1.41. The van der Waals surface area contributed by atoms with Crippen LogP contribution in [0, 0.1) is 0 Å². The minimum Gasteiger partial charge on any atom is -0.469 e. The molecule has 1 rings (SSSR count). The van der Waals surface area contributed by atoms with Gasteiger partial charge in [0.15, 0.2) is 0 Å². The first-order chi connectivity index (χ1) is 7.13. The van der Waals surface area contributed by atoms with E-state index in [1.807, 2.05) is 0 Å². The molecule has 0 bridgehead atoms. The van der Waals surface area contributed by atoms with Gasteiger partial charge < -0.3 is 10.1 Å². The summed E-state index contributed by atoms with van der Waals surface area (Å²) in [5.74, 6) is -0.184. The lowest BCUT2D eigenvalue weighted by Gasteiger charge is -2.01. The van der Waals surface area contributed by atoms with Gasteiger partial charge in [0.1, 0.15) is 0 Å². The van der Waals surface area contributed by atoms with Crippen molar-refractivity contribution in [2.45, 2.75) is 13.0 Å². The van der Waals surface area contributed by atoms with Crippen LogP contribution in [-0.2, 0) is 16.1 Å². The van der Waals surface area contributed by atoms with Crippen molar-refractivity contribution in [3.05, 3.63) is 19.2 Å². The highest BCUT2D eigenvalue weighted by Gasteiger charge is 2.04. The molecule has 0 unspecified atom stereocenters. The summed E-state index contributed by atoms with van der Waals surface area (Å²) in [4.78, 5) is 12.0. The molecule has 1 aromatic rings. The van der Waals surface area contributed by atoms with Gasteiger partial charge in [-0.25, -0.2) is 0 Å². The van der Waals surface area contributed by atoms with Crippen LogP contribution in [0.15, 0.2) is 14.3 Å². The van der Waals surface area contributed by atoms with Crippen molar-refractivity contribution in [1.82, 2.24) is 5.32 Å². The molecule has 0 spiro atoms.